The van der Waals surface area contributed by atoms with E-state index in [4.69, 9.17) is 0 Å². The van der Waals surface area contributed by atoms with Gasteiger partial charge in [0, 0.05) is 13.0 Å². The van der Waals surface area contributed by atoms with Crippen LogP contribution in [-0.4, -0.2) is 12.5 Å². The summed E-state index contributed by atoms with van der Waals surface area (Å²) in [6.07, 6.45) is 11.9. The zero-order valence-electron chi connectivity index (χ0n) is 8.46. The van der Waals surface area contributed by atoms with Crippen LogP contribution in [0, 0.1) is 5.92 Å². The van der Waals surface area contributed by atoms with Crippen molar-refractivity contribution in [3.63, 3.8) is 0 Å². The second-order valence-electron chi connectivity index (χ2n) is 4.20. The van der Waals surface area contributed by atoms with Gasteiger partial charge in [0.05, 0.1) is 0 Å². The summed E-state index contributed by atoms with van der Waals surface area (Å²) in [7, 11) is 0. The normalized spacial score (nSPS) is 27.0. The predicted molar refractivity (Wildman–Crippen MR) is 56.8 cm³/mol. The van der Waals surface area contributed by atoms with E-state index in [1.165, 1.54) is 18.4 Å². The molecule has 0 aromatic rings. The fourth-order valence-electron chi connectivity index (χ4n) is 2.22. The number of hydrogen-bond acceptors (Lipinski definition) is 1. The number of allylic oxidation sites excluding steroid dienone is 4. The fraction of sp³-hybridized carbons (Fsp3) is 0.583. The number of rotatable bonds is 2. The first-order chi connectivity index (χ1) is 6.84. The summed E-state index contributed by atoms with van der Waals surface area (Å²) >= 11 is 0. The summed E-state index contributed by atoms with van der Waals surface area (Å²) in [6, 6.07) is 0. The van der Waals surface area contributed by atoms with Gasteiger partial charge < -0.3 is 5.32 Å². The molecule has 0 aromatic carbocycles. The number of carbonyl (C=O) groups is 1. The van der Waals surface area contributed by atoms with Crippen LogP contribution in [0.2, 0.25) is 0 Å². The van der Waals surface area contributed by atoms with E-state index in [9.17, 15) is 4.79 Å². The SMILES string of the molecule is O=C1CC(CC2=CC=CCC2)CCN1. The van der Waals surface area contributed by atoms with Crippen molar-refractivity contribution in [3.05, 3.63) is 23.8 Å². The molecule has 1 amide bonds. The Kier molecular flexibility index (Phi) is 3.02. The van der Waals surface area contributed by atoms with Gasteiger partial charge in [0.25, 0.3) is 0 Å². The van der Waals surface area contributed by atoms with E-state index in [0.29, 0.717) is 5.92 Å². The largest absolute Gasteiger partial charge is 0.356 e. The molecule has 1 N–H and O–H groups in total. The highest BCUT2D eigenvalue weighted by atomic mass is 16.1. The van der Waals surface area contributed by atoms with Gasteiger partial charge in [-0.25, -0.2) is 0 Å². The van der Waals surface area contributed by atoms with Gasteiger partial charge in [0.15, 0.2) is 0 Å². The molecule has 1 heterocycles. The van der Waals surface area contributed by atoms with Gasteiger partial charge in [-0.3, -0.25) is 4.79 Å². The van der Waals surface area contributed by atoms with Crippen LogP contribution in [0.4, 0.5) is 0 Å². The van der Waals surface area contributed by atoms with Crippen LogP contribution in [-0.2, 0) is 4.79 Å². The summed E-state index contributed by atoms with van der Waals surface area (Å²) in [5.74, 6) is 0.815. The van der Waals surface area contributed by atoms with Crippen molar-refractivity contribution in [2.24, 2.45) is 5.92 Å². The number of hydrogen-bond donors (Lipinski definition) is 1. The van der Waals surface area contributed by atoms with Gasteiger partial charge in [-0.1, -0.05) is 23.8 Å². The maximum absolute atomic E-state index is 11.2. The highest BCUT2D eigenvalue weighted by Gasteiger charge is 2.19. The van der Waals surface area contributed by atoms with Crippen molar-refractivity contribution in [1.82, 2.24) is 5.32 Å². The van der Waals surface area contributed by atoms with Gasteiger partial charge in [0.1, 0.15) is 0 Å². The molecule has 2 rings (SSSR count). The van der Waals surface area contributed by atoms with Gasteiger partial charge in [-0.2, -0.15) is 0 Å². The number of carbonyl (C=O) groups excluding carboxylic acids is 1. The van der Waals surface area contributed by atoms with E-state index in [1.807, 2.05) is 0 Å². The van der Waals surface area contributed by atoms with Crippen molar-refractivity contribution in [1.29, 1.82) is 0 Å². The van der Waals surface area contributed by atoms with E-state index >= 15 is 0 Å². The van der Waals surface area contributed by atoms with Crippen molar-refractivity contribution >= 4 is 5.91 Å². The first-order valence-corrected chi connectivity index (χ1v) is 5.46. The topological polar surface area (TPSA) is 29.1 Å². The third-order valence-electron chi connectivity index (χ3n) is 3.00. The molecule has 0 saturated carbocycles. The molecule has 0 aromatic heterocycles. The highest BCUT2D eigenvalue weighted by Crippen LogP contribution is 2.25. The Hall–Kier alpha value is -1.05. The van der Waals surface area contributed by atoms with Crippen molar-refractivity contribution < 1.29 is 4.79 Å². The molecule has 1 unspecified atom stereocenters. The minimum Gasteiger partial charge on any atom is -0.356 e. The molecule has 1 aliphatic heterocycles. The zero-order valence-corrected chi connectivity index (χ0v) is 8.46. The van der Waals surface area contributed by atoms with E-state index in [2.05, 4.69) is 23.5 Å². The van der Waals surface area contributed by atoms with Crippen LogP contribution >= 0.6 is 0 Å². The van der Waals surface area contributed by atoms with Crippen molar-refractivity contribution in [2.45, 2.75) is 32.1 Å². The Morgan fingerprint density at radius 3 is 3.14 bits per heavy atom. The summed E-state index contributed by atoms with van der Waals surface area (Å²) in [5, 5.41) is 2.88. The Labute approximate surface area is 85.1 Å². The minimum atomic E-state index is 0.230. The first-order valence-electron chi connectivity index (χ1n) is 5.46. The number of nitrogens with one attached hydrogen (secondary N) is 1. The lowest BCUT2D eigenvalue weighted by Crippen LogP contribution is -2.33. The number of amides is 1. The summed E-state index contributed by atoms with van der Waals surface area (Å²) < 4.78 is 0. The van der Waals surface area contributed by atoms with Crippen LogP contribution in [0.15, 0.2) is 23.8 Å². The third kappa shape index (κ3) is 2.47. The molecule has 1 saturated heterocycles. The van der Waals surface area contributed by atoms with Gasteiger partial charge in [-0.05, 0) is 31.6 Å². The number of piperidine rings is 1. The predicted octanol–water partition coefficient (Wildman–Crippen LogP) is 2.18. The molecule has 2 nitrogen and oxygen atoms in total. The summed E-state index contributed by atoms with van der Waals surface area (Å²) in [4.78, 5) is 11.2. The third-order valence-corrected chi connectivity index (χ3v) is 3.00. The molecule has 1 aliphatic carbocycles. The van der Waals surface area contributed by atoms with Crippen molar-refractivity contribution in [2.75, 3.05) is 6.54 Å². The second kappa shape index (κ2) is 4.45. The average Bonchev–Trinajstić information content (AvgIpc) is 2.19. The second-order valence-corrected chi connectivity index (χ2v) is 4.20. The van der Waals surface area contributed by atoms with Crippen LogP contribution in [0.3, 0.4) is 0 Å². The average molecular weight is 191 g/mol. The minimum absolute atomic E-state index is 0.230. The van der Waals surface area contributed by atoms with Gasteiger partial charge >= 0.3 is 0 Å². The van der Waals surface area contributed by atoms with Crippen LogP contribution < -0.4 is 5.32 Å². The Bertz CT molecular complexity index is 278. The quantitative estimate of drug-likeness (QED) is 0.712. The Balaban J connectivity index is 1.87. The highest BCUT2D eigenvalue weighted by molar-refractivity contribution is 5.76. The monoisotopic (exact) mass is 191 g/mol. The molecule has 2 heteroatoms. The molecule has 0 bridgehead atoms. The lowest BCUT2D eigenvalue weighted by molar-refractivity contribution is -0.123. The van der Waals surface area contributed by atoms with E-state index in [-0.39, 0.29) is 5.91 Å². The molecule has 76 valence electrons. The lowest BCUT2D eigenvalue weighted by atomic mass is 9.88. The smallest absolute Gasteiger partial charge is 0.220 e. The van der Waals surface area contributed by atoms with Crippen molar-refractivity contribution in [3.8, 4) is 0 Å². The molecule has 14 heavy (non-hydrogen) atoms. The van der Waals surface area contributed by atoms with Gasteiger partial charge in [-0.15, -0.1) is 0 Å². The maximum atomic E-state index is 11.2. The molecule has 0 spiro atoms. The molecular formula is C12H17NO. The molecule has 0 radical (unpaired) electrons. The molecule has 2 aliphatic rings. The molecular weight excluding hydrogens is 174 g/mol. The summed E-state index contributed by atoms with van der Waals surface area (Å²) in [5.41, 5.74) is 1.52. The Morgan fingerprint density at radius 1 is 1.50 bits per heavy atom. The van der Waals surface area contributed by atoms with Crippen LogP contribution in [0.5, 0.6) is 0 Å². The Morgan fingerprint density at radius 2 is 2.43 bits per heavy atom. The van der Waals surface area contributed by atoms with Crippen LogP contribution in [0.25, 0.3) is 0 Å². The lowest BCUT2D eigenvalue weighted by Gasteiger charge is -2.23. The first kappa shape index (κ1) is 9.50. The fourth-order valence-corrected chi connectivity index (χ4v) is 2.22. The van der Waals surface area contributed by atoms with E-state index < -0.39 is 0 Å². The molecule has 1 fully saturated rings. The zero-order chi connectivity index (χ0) is 9.80. The van der Waals surface area contributed by atoms with E-state index in [1.54, 1.807) is 0 Å². The molecule has 1 atom stereocenters. The maximum Gasteiger partial charge on any atom is 0.220 e. The summed E-state index contributed by atoms with van der Waals surface area (Å²) in [6.45, 7) is 0.868. The van der Waals surface area contributed by atoms with Gasteiger partial charge in [0.2, 0.25) is 5.91 Å². The van der Waals surface area contributed by atoms with E-state index in [0.717, 1.165) is 25.8 Å². The van der Waals surface area contributed by atoms with Crippen LogP contribution in [0.1, 0.15) is 32.1 Å². The standard InChI is InChI=1S/C12H17NO/c14-12-9-11(6-7-13-12)8-10-4-2-1-3-5-10/h1-2,4,11H,3,5-9H2,(H,13,14).